The maximum atomic E-state index is 2.65. The normalized spacial score (nSPS) is 15.5. The Hall–Kier alpha value is -11.2. The van der Waals surface area contributed by atoms with Gasteiger partial charge in [0.25, 0.3) is 0 Å². The monoisotopic (exact) mass is 1130 g/mol. The van der Waals surface area contributed by atoms with E-state index in [1.165, 1.54) is 177 Å². The Morgan fingerprint density at radius 1 is 0.133 bits per heavy atom. The van der Waals surface area contributed by atoms with Gasteiger partial charge in [0.2, 0.25) is 0 Å². The second kappa shape index (κ2) is 17.3. The molecule has 15 aromatic carbocycles. The van der Waals surface area contributed by atoms with Crippen LogP contribution in [0.4, 0.5) is 0 Å². The van der Waals surface area contributed by atoms with Crippen LogP contribution < -0.4 is 0 Å². The van der Waals surface area contributed by atoms with Crippen LogP contribution in [-0.2, 0) is 21.7 Å². The third kappa shape index (κ3) is 5.52. The van der Waals surface area contributed by atoms with Gasteiger partial charge < -0.3 is 0 Å². The van der Waals surface area contributed by atoms with Gasteiger partial charge >= 0.3 is 0 Å². The molecular weight excluding hydrogens is 1080 g/mol. The summed E-state index contributed by atoms with van der Waals surface area (Å²) in [7, 11) is 0. The van der Waals surface area contributed by atoms with Crippen LogP contribution in [0.25, 0.3) is 88.3 Å². The smallest absolute Gasteiger partial charge is 0.0619 e. The Balaban J connectivity index is 0.869. The molecule has 90 heavy (non-hydrogen) atoms. The fourth-order valence-electron chi connectivity index (χ4n) is 19.5. The number of benzene rings is 15. The van der Waals surface area contributed by atoms with Crippen LogP contribution in [-0.4, -0.2) is 0 Å². The Bertz CT molecular complexity index is 5120. The van der Waals surface area contributed by atoms with E-state index in [1.807, 2.05) is 0 Å². The van der Waals surface area contributed by atoms with Gasteiger partial charge in [-0.1, -0.05) is 315 Å². The molecule has 15 aromatic rings. The lowest BCUT2D eigenvalue weighted by Gasteiger charge is -2.49. The zero-order valence-corrected chi connectivity index (χ0v) is 49.2. The van der Waals surface area contributed by atoms with Gasteiger partial charge in [-0.05, 0) is 189 Å². The molecule has 0 saturated carbocycles. The molecule has 6 aliphatic rings. The SMILES string of the molecule is c1ccc2c(c1)-c1ccccc1C21c2ccccc2C2(c3ccccc3-c3ccccc32)c2cc(-c3c4ccccc4c(-c4ccc5c(c4)C4(c6ccccc6-c6ccccc64)c4ccccc4C54c5ccccc5-c5ccccc54)c4ccccc34)ccc21. The molecule has 0 nitrogen and oxygen atoms in total. The van der Waals surface area contributed by atoms with Gasteiger partial charge in [-0.3, -0.25) is 0 Å². The number of fused-ring (bicyclic) bond motifs is 34. The Labute approximate surface area is 523 Å². The number of rotatable bonds is 2. The molecule has 0 N–H and O–H groups in total. The molecule has 0 saturated heterocycles. The van der Waals surface area contributed by atoms with E-state index in [0.29, 0.717) is 0 Å². The maximum Gasteiger partial charge on any atom is 0.0720 e. The summed E-state index contributed by atoms with van der Waals surface area (Å²) in [6.07, 6.45) is 0. The average molecular weight is 1140 g/mol. The van der Waals surface area contributed by atoms with Crippen molar-refractivity contribution in [2.75, 3.05) is 0 Å². The van der Waals surface area contributed by atoms with Crippen LogP contribution in [0.1, 0.15) is 89.0 Å². The lowest BCUT2D eigenvalue weighted by molar-refractivity contribution is 0.633. The largest absolute Gasteiger partial charge is 0.0720 e. The van der Waals surface area contributed by atoms with E-state index in [9.17, 15) is 0 Å². The fraction of sp³-hybridized carbons (Fsp3) is 0.0444. The molecule has 6 aliphatic carbocycles. The Morgan fingerprint density at radius 2 is 0.300 bits per heavy atom. The van der Waals surface area contributed by atoms with Gasteiger partial charge in [0.05, 0.1) is 21.7 Å². The summed E-state index contributed by atoms with van der Waals surface area (Å²) in [5.74, 6) is 0. The summed E-state index contributed by atoms with van der Waals surface area (Å²) >= 11 is 0. The minimum Gasteiger partial charge on any atom is -0.0619 e. The van der Waals surface area contributed by atoms with Crippen molar-refractivity contribution >= 4 is 21.5 Å². The van der Waals surface area contributed by atoms with Crippen molar-refractivity contribution in [3.05, 3.63) is 417 Å². The average Bonchev–Trinajstić information content (AvgIpc) is 1.44. The highest BCUT2D eigenvalue weighted by molar-refractivity contribution is 6.22. The van der Waals surface area contributed by atoms with Gasteiger partial charge in [0.15, 0.2) is 0 Å². The summed E-state index contributed by atoms with van der Waals surface area (Å²) in [6, 6.07) is 127. The molecule has 0 heteroatoms. The maximum absolute atomic E-state index is 2.65. The molecule has 0 bridgehead atoms. The van der Waals surface area contributed by atoms with Crippen molar-refractivity contribution in [3.63, 3.8) is 0 Å². The Morgan fingerprint density at radius 3 is 0.522 bits per heavy atom. The van der Waals surface area contributed by atoms with Crippen LogP contribution in [0.3, 0.4) is 0 Å². The van der Waals surface area contributed by atoms with Gasteiger partial charge in [-0.15, -0.1) is 0 Å². The Kier molecular flexibility index (Phi) is 9.41. The van der Waals surface area contributed by atoms with E-state index in [2.05, 4.69) is 328 Å². The quantitative estimate of drug-likeness (QED) is 0.151. The zero-order valence-electron chi connectivity index (χ0n) is 49.2. The summed E-state index contributed by atoms with van der Waals surface area (Å²) in [5.41, 5.74) is 34.4. The lowest BCUT2D eigenvalue weighted by Crippen LogP contribution is -2.43. The molecule has 0 aromatic heterocycles. The van der Waals surface area contributed by atoms with Crippen molar-refractivity contribution in [2.24, 2.45) is 0 Å². The van der Waals surface area contributed by atoms with E-state index in [-0.39, 0.29) is 0 Å². The molecule has 0 radical (unpaired) electrons. The first-order valence-electron chi connectivity index (χ1n) is 31.9. The molecule has 414 valence electrons. The molecule has 0 amide bonds. The zero-order chi connectivity index (χ0) is 58.7. The molecule has 4 spiro atoms. The lowest BCUT2D eigenvalue weighted by atomic mass is 9.52. The second-order valence-corrected chi connectivity index (χ2v) is 25.8. The topological polar surface area (TPSA) is 0 Å². The highest BCUT2D eigenvalue weighted by Crippen LogP contribution is 2.70. The van der Waals surface area contributed by atoms with Gasteiger partial charge in [0, 0.05) is 0 Å². The molecule has 21 rings (SSSR count). The standard InChI is InChI=1S/C90H54/c1-2-34-66-65(33-1)85(55-49-51-81-83(53-55)89(73-41-17-9-29-61(73)62-30-10-18-42-74(62)89)79-47-23-21-45-77(79)87(81)69-37-13-5-25-57(69)58-26-6-14-38-70(58)87)67-35-3-4-36-68(67)86(66)56-50-52-82-84(54-56)90(75-43-19-11-31-63(75)64-32-12-20-44-76(64)90)80-48-24-22-46-78(80)88(82)71-39-15-7-27-59(71)60-28-8-16-40-72(60)88/h1-54H. The summed E-state index contributed by atoms with van der Waals surface area (Å²) in [6.45, 7) is 0. The summed E-state index contributed by atoms with van der Waals surface area (Å²) in [4.78, 5) is 0. The second-order valence-electron chi connectivity index (χ2n) is 25.8. The highest BCUT2D eigenvalue weighted by Gasteiger charge is 2.61. The van der Waals surface area contributed by atoms with Crippen LogP contribution in [0.5, 0.6) is 0 Å². The van der Waals surface area contributed by atoms with E-state index in [1.54, 1.807) is 0 Å². The van der Waals surface area contributed by atoms with E-state index < -0.39 is 21.7 Å². The molecule has 0 atom stereocenters. The summed E-state index contributed by atoms with van der Waals surface area (Å²) < 4.78 is 0. The van der Waals surface area contributed by atoms with Crippen LogP contribution in [0.15, 0.2) is 328 Å². The van der Waals surface area contributed by atoms with Gasteiger partial charge in [0.1, 0.15) is 0 Å². The van der Waals surface area contributed by atoms with Crippen LogP contribution in [0, 0.1) is 0 Å². The first-order valence-corrected chi connectivity index (χ1v) is 31.9. The first kappa shape index (κ1) is 48.9. The van der Waals surface area contributed by atoms with Gasteiger partial charge in [-0.25, -0.2) is 0 Å². The number of hydrogen-bond acceptors (Lipinski definition) is 0. The predicted octanol–water partition coefficient (Wildman–Crippen LogP) is 21.4. The van der Waals surface area contributed by atoms with E-state index in [0.717, 1.165) is 0 Å². The highest BCUT2D eigenvalue weighted by atomic mass is 14.6. The van der Waals surface area contributed by atoms with Crippen molar-refractivity contribution in [2.45, 2.75) is 21.7 Å². The minimum absolute atomic E-state index is 0.574. The predicted molar refractivity (Wildman–Crippen MR) is 369 cm³/mol. The van der Waals surface area contributed by atoms with Crippen molar-refractivity contribution < 1.29 is 0 Å². The third-order valence-corrected chi connectivity index (χ3v) is 22.4. The van der Waals surface area contributed by atoms with Crippen LogP contribution >= 0.6 is 0 Å². The first-order chi connectivity index (χ1) is 44.7. The van der Waals surface area contributed by atoms with E-state index >= 15 is 0 Å². The molecule has 0 unspecified atom stereocenters. The minimum atomic E-state index is -0.620. The molecule has 0 heterocycles. The third-order valence-electron chi connectivity index (χ3n) is 22.4. The van der Waals surface area contributed by atoms with Crippen molar-refractivity contribution in [1.29, 1.82) is 0 Å². The molecule has 0 aliphatic heterocycles. The molecular formula is C90H54. The van der Waals surface area contributed by atoms with Crippen LogP contribution in [0.2, 0.25) is 0 Å². The molecule has 0 fully saturated rings. The van der Waals surface area contributed by atoms with Crippen molar-refractivity contribution in [1.82, 2.24) is 0 Å². The summed E-state index contributed by atoms with van der Waals surface area (Å²) in [5, 5.41) is 4.94. The van der Waals surface area contributed by atoms with Gasteiger partial charge in [-0.2, -0.15) is 0 Å². The fourth-order valence-corrected chi connectivity index (χ4v) is 19.5. The van der Waals surface area contributed by atoms with Crippen molar-refractivity contribution in [3.8, 4) is 66.8 Å². The number of hydrogen-bond donors (Lipinski definition) is 0. The van der Waals surface area contributed by atoms with E-state index in [4.69, 9.17) is 0 Å².